The third-order valence-corrected chi connectivity index (χ3v) is 13.8. The molecule has 3 fully saturated rings. The summed E-state index contributed by atoms with van der Waals surface area (Å²) in [6, 6.07) is 38.7. The Labute approximate surface area is 340 Å². The molecule has 0 N–H and O–H groups in total. The maximum atomic E-state index is 7.58. The highest BCUT2D eigenvalue weighted by Crippen LogP contribution is 2.57. The highest BCUT2D eigenvalue weighted by atomic mass is 16.8. The van der Waals surface area contributed by atoms with Crippen LogP contribution in [0.2, 0.25) is 0 Å². The average Bonchev–Trinajstić information content (AvgIpc) is 3.69. The zero-order valence-corrected chi connectivity index (χ0v) is 37.4. The van der Waals surface area contributed by atoms with Gasteiger partial charge >= 0.3 is 0 Å². The van der Waals surface area contributed by atoms with Crippen molar-refractivity contribution in [3.8, 4) is 0 Å². The zero-order chi connectivity index (χ0) is 40.7. The van der Waals surface area contributed by atoms with E-state index in [2.05, 4.69) is 194 Å². The van der Waals surface area contributed by atoms with E-state index in [-0.39, 0.29) is 33.9 Å². The molecule has 300 valence electrons. The Hall–Kier alpha value is -3.24. The van der Waals surface area contributed by atoms with Gasteiger partial charge in [-0.1, -0.05) is 180 Å². The van der Waals surface area contributed by atoms with Crippen LogP contribution < -0.4 is 0 Å². The van der Waals surface area contributed by atoms with Crippen molar-refractivity contribution in [2.45, 2.75) is 160 Å². The Morgan fingerprint density at radius 1 is 0.411 bits per heavy atom. The molecular weight excluding hydrogens is 683 g/mol. The Kier molecular flexibility index (Phi) is 10.00. The van der Waals surface area contributed by atoms with Crippen LogP contribution >= 0.6 is 0 Å². The highest BCUT2D eigenvalue weighted by Gasteiger charge is 2.68. The maximum Gasteiger partial charge on any atom is 0.163 e. The molecule has 0 unspecified atom stereocenters. The molecule has 3 saturated heterocycles. The van der Waals surface area contributed by atoms with Gasteiger partial charge in [-0.25, -0.2) is 0 Å². The van der Waals surface area contributed by atoms with Gasteiger partial charge in [0.2, 0.25) is 0 Å². The molecule has 0 aromatic heterocycles. The number of fused-ring (bicyclic) bond motifs is 1. The summed E-state index contributed by atoms with van der Waals surface area (Å²) in [5.74, 6) is -0.785. The van der Waals surface area contributed by atoms with Gasteiger partial charge in [-0.05, 0) is 80.0 Å². The predicted octanol–water partition coefficient (Wildman–Crippen LogP) is 12.3. The van der Waals surface area contributed by atoms with E-state index < -0.39 is 16.6 Å². The lowest BCUT2D eigenvalue weighted by molar-refractivity contribution is -0.922. The first-order valence-electron chi connectivity index (χ1n) is 21.5. The van der Waals surface area contributed by atoms with E-state index in [4.69, 9.17) is 9.47 Å². The highest BCUT2D eigenvalue weighted by molar-refractivity contribution is 5.51. The van der Waals surface area contributed by atoms with Gasteiger partial charge in [0, 0.05) is 12.8 Å². The second-order valence-electron chi connectivity index (χ2n) is 22.5. The van der Waals surface area contributed by atoms with E-state index in [9.17, 15) is 0 Å². The van der Waals surface area contributed by atoms with Gasteiger partial charge in [0.15, 0.2) is 5.79 Å². The summed E-state index contributed by atoms with van der Waals surface area (Å²) >= 11 is 0. The molecule has 3 heteroatoms. The van der Waals surface area contributed by atoms with Crippen molar-refractivity contribution < 1.29 is 14.0 Å². The van der Waals surface area contributed by atoms with E-state index >= 15 is 0 Å². The van der Waals surface area contributed by atoms with Gasteiger partial charge in [0.05, 0.1) is 37.0 Å². The van der Waals surface area contributed by atoms with Crippen LogP contribution in [0.25, 0.3) is 0 Å². The van der Waals surface area contributed by atoms with Crippen molar-refractivity contribution in [1.29, 1.82) is 0 Å². The fraction of sp³-hybridized carbons (Fsp3) is 0.547. The summed E-state index contributed by atoms with van der Waals surface area (Å²) in [4.78, 5) is 0. The fourth-order valence-electron chi connectivity index (χ4n) is 10.5. The normalized spacial score (nSPS) is 23.2. The first-order valence-corrected chi connectivity index (χ1v) is 21.5. The Morgan fingerprint density at radius 3 is 0.857 bits per heavy atom. The summed E-state index contributed by atoms with van der Waals surface area (Å²) < 4.78 is 16.2. The number of nitrogens with zero attached hydrogens (tertiary/aromatic N) is 1. The van der Waals surface area contributed by atoms with E-state index in [1.54, 1.807) is 0 Å². The van der Waals surface area contributed by atoms with Crippen LogP contribution in [0.1, 0.15) is 154 Å². The molecule has 3 nitrogen and oxygen atoms in total. The minimum atomic E-state index is -0.785. The maximum absolute atomic E-state index is 7.58. The van der Waals surface area contributed by atoms with Gasteiger partial charge < -0.3 is 14.0 Å². The minimum absolute atomic E-state index is 0.0529. The van der Waals surface area contributed by atoms with Crippen LogP contribution in [0.15, 0.2) is 97.1 Å². The van der Waals surface area contributed by atoms with E-state index in [0.717, 1.165) is 30.7 Å². The molecule has 3 aliphatic heterocycles. The first-order chi connectivity index (χ1) is 25.9. The Balaban J connectivity index is 1.57. The largest absolute Gasteiger partial charge is 0.343 e. The van der Waals surface area contributed by atoms with Crippen LogP contribution in [0, 0.1) is 0 Å². The molecule has 0 aliphatic carbocycles. The molecule has 4 aromatic carbocycles. The molecule has 2 atom stereocenters. The first kappa shape index (κ1) is 40.9. The van der Waals surface area contributed by atoms with Crippen LogP contribution in [-0.2, 0) is 42.0 Å². The van der Waals surface area contributed by atoms with Gasteiger partial charge in [-0.15, -0.1) is 0 Å². The van der Waals surface area contributed by atoms with Crippen LogP contribution in [0.5, 0.6) is 0 Å². The summed E-state index contributed by atoms with van der Waals surface area (Å²) in [5, 5.41) is 0. The molecule has 0 bridgehead atoms. The molecule has 0 amide bonds. The van der Waals surface area contributed by atoms with Crippen LogP contribution in [-0.4, -0.2) is 48.7 Å². The lowest BCUT2D eigenvalue weighted by atomic mass is 9.62. The number of quaternary nitrogens is 1. The molecule has 3 aliphatic rings. The number of benzene rings is 4. The number of ether oxygens (including phenoxy) is 2. The van der Waals surface area contributed by atoms with E-state index in [0.29, 0.717) is 0 Å². The molecule has 0 radical (unpaired) electrons. The summed E-state index contributed by atoms with van der Waals surface area (Å²) in [6.45, 7) is 36.3. The molecule has 1 spiro atoms. The van der Waals surface area contributed by atoms with Crippen molar-refractivity contribution in [3.05, 3.63) is 142 Å². The fourth-order valence-corrected chi connectivity index (χ4v) is 10.5. The lowest BCUT2D eigenvalue weighted by Crippen LogP contribution is -2.58. The van der Waals surface area contributed by atoms with Crippen molar-refractivity contribution in [3.63, 3.8) is 0 Å². The smallest absolute Gasteiger partial charge is 0.163 e. The van der Waals surface area contributed by atoms with E-state index in [1.807, 2.05) is 0 Å². The van der Waals surface area contributed by atoms with Gasteiger partial charge in [-0.2, -0.15) is 0 Å². The molecule has 56 heavy (non-hydrogen) atoms. The molecule has 3 heterocycles. The van der Waals surface area contributed by atoms with Crippen molar-refractivity contribution in [2.24, 2.45) is 0 Å². The Morgan fingerprint density at radius 2 is 0.643 bits per heavy atom. The van der Waals surface area contributed by atoms with Crippen LogP contribution in [0.4, 0.5) is 0 Å². The van der Waals surface area contributed by atoms with Gasteiger partial charge in [0.25, 0.3) is 0 Å². The third-order valence-electron chi connectivity index (χ3n) is 13.8. The second kappa shape index (κ2) is 13.7. The Bertz CT molecular complexity index is 1730. The van der Waals surface area contributed by atoms with Crippen molar-refractivity contribution in [1.82, 2.24) is 0 Å². The standard InChI is InChI=1S/C53H72NO2/c1-47(2,3)37-17-25-41(26-18-37)52(42-27-19-38(20-28-42)48(4,5)6)35-54(33-15-16-34-54)36-53(46-45(52)55-51(13,14)56-46,43-29-21-39(22-30-43)49(7,8)9)44-31-23-40(24-32-44)50(10,11)12/h17-32,45-46H,15-16,33-36H2,1-14H3/q+1/t45-,46-/m1/s1. The number of hydrogen-bond donors (Lipinski definition) is 0. The topological polar surface area (TPSA) is 18.5 Å². The van der Waals surface area contributed by atoms with Crippen molar-refractivity contribution in [2.75, 3.05) is 26.2 Å². The monoisotopic (exact) mass is 755 g/mol. The lowest BCUT2D eigenvalue weighted by Gasteiger charge is -2.46. The predicted molar refractivity (Wildman–Crippen MR) is 235 cm³/mol. The van der Waals surface area contributed by atoms with Crippen molar-refractivity contribution >= 4 is 0 Å². The molecular formula is C53H72NO2+. The molecule has 7 rings (SSSR count). The van der Waals surface area contributed by atoms with Gasteiger partial charge in [-0.3, -0.25) is 0 Å². The molecule has 4 aromatic rings. The summed E-state index contributed by atoms with van der Waals surface area (Å²) in [5.41, 5.74) is 9.99. The molecule has 0 saturated carbocycles. The number of rotatable bonds is 4. The third kappa shape index (κ3) is 7.24. The summed E-state index contributed by atoms with van der Waals surface area (Å²) in [6.07, 6.45) is 1.93. The second-order valence-corrected chi connectivity index (χ2v) is 22.5. The quantitative estimate of drug-likeness (QED) is 0.193. The minimum Gasteiger partial charge on any atom is -0.343 e. The SMILES string of the molecule is CC1(C)O[C@@H]2[C@@H](O1)C(c1ccc(C(C)(C)C)cc1)(c1ccc(C(C)(C)C)cc1)C[N+]1(CCCC1)CC2(c1ccc(C(C)(C)C)cc1)c1ccc(C(C)(C)C)cc1. The van der Waals surface area contributed by atoms with Gasteiger partial charge in [0.1, 0.15) is 12.2 Å². The average molecular weight is 755 g/mol. The summed E-state index contributed by atoms with van der Waals surface area (Å²) in [7, 11) is 0. The number of hydrogen-bond acceptors (Lipinski definition) is 2. The van der Waals surface area contributed by atoms with E-state index in [1.165, 1.54) is 57.3 Å². The zero-order valence-electron chi connectivity index (χ0n) is 37.4. The van der Waals surface area contributed by atoms with Crippen LogP contribution in [0.3, 0.4) is 0 Å².